The van der Waals surface area contributed by atoms with Crippen LogP contribution in [0, 0.1) is 5.82 Å². The summed E-state index contributed by atoms with van der Waals surface area (Å²) in [6.07, 6.45) is 6.51. The van der Waals surface area contributed by atoms with Crippen molar-refractivity contribution in [3.63, 3.8) is 0 Å². The summed E-state index contributed by atoms with van der Waals surface area (Å²) in [5.41, 5.74) is 13.0. The molecule has 1 aromatic heterocycles. The van der Waals surface area contributed by atoms with Gasteiger partial charge in [-0.05, 0) is 35.5 Å². The lowest BCUT2D eigenvalue weighted by molar-refractivity contribution is -0.115. The van der Waals surface area contributed by atoms with Gasteiger partial charge in [-0.1, -0.05) is 36.9 Å². The highest BCUT2D eigenvalue weighted by Gasteiger charge is 2.13. The molecule has 0 aliphatic rings. The van der Waals surface area contributed by atoms with Crippen molar-refractivity contribution in [3.8, 4) is 0 Å². The Hall–Kier alpha value is -2.86. The molecule has 0 aliphatic carbocycles. The molecule has 0 aliphatic heterocycles. The van der Waals surface area contributed by atoms with Crippen molar-refractivity contribution in [1.29, 1.82) is 0 Å². The van der Waals surface area contributed by atoms with Crippen LogP contribution in [0.4, 0.5) is 15.1 Å². The number of allylic oxidation sites excluding steroid dienone is 4. The zero-order valence-corrected chi connectivity index (χ0v) is 13.8. The first-order valence-corrected chi connectivity index (χ1v) is 8.00. The lowest BCUT2D eigenvalue weighted by Gasteiger charge is -2.05. The Morgan fingerprint density at radius 1 is 1.38 bits per heavy atom. The number of carbonyl (C=O) groups is 1. The van der Waals surface area contributed by atoms with Gasteiger partial charge in [0.1, 0.15) is 10.8 Å². The second kappa shape index (κ2) is 8.12. The minimum atomic E-state index is -0.406. The summed E-state index contributed by atoms with van der Waals surface area (Å²) in [7, 11) is 0. The molecule has 1 amide bonds. The number of amides is 1. The van der Waals surface area contributed by atoms with Crippen LogP contribution in [0.3, 0.4) is 0 Å². The number of carbonyl (C=O) groups excluding carboxylic acids is 1. The standard InChI is InChI=1S/C18H18FN3OS/c1-2-5-12(8-9-20)16-11-15(21)18(24-16)22-17(23)10-13-6-3-4-7-14(13)19/h2-9,11H,1,10,20-21H2,(H,22,23)/b9-8-,12-5+. The van der Waals surface area contributed by atoms with E-state index >= 15 is 0 Å². The summed E-state index contributed by atoms with van der Waals surface area (Å²) >= 11 is 1.32. The largest absolute Gasteiger partial charge is 0.405 e. The molecule has 0 fully saturated rings. The van der Waals surface area contributed by atoms with Crippen molar-refractivity contribution in [3.05, 3.63) is 77.6 Å². The van der Waals surface area contributed by atoms with Crippen LogP contribution in [0.2, 0.25) is 0 Å². The predicted octanol–water partition coefficient (Wildman–Crippen LogP) is 3.69. The van der Waals surface area contributed by atoms with Crippen molar-refractivity contribution < 1.29 is 9.18 Å². The van der Waals surface area contributed by atoms with E-state index in [9.17, 15) is 9.18 Å². The molecule has 2 aromatic rings. The van der Waals surface area contributed by atoms with Gasteiger partial charge >= 0.3 is 0 Å². The van der Waals surface area contributed by atoms with Gasteiger partial charge in [0.05, 0.1) is 12.1 Å². The van der Waals surface area contributed by atoms with Crippen molar-refractivity contribution in [2.45, 2.75) is 6.42 Å². The van der Waals surface area contributed by atoms with Crippen molar-refractivity contribution >= 4 is 33.5 Å². The number of hydrogen-bond donors (Lipinski definition) is 3. The highest BCUT2D eigenvalue weighted by molar-refractivity contribution is 7.18. The summed E-state index contributed by atoms with van der Waals surface area (Å²) < 4.78 is 13.6. The highest BCUT2D eigenvalue weighted by atomic mass is 32.1. The van der Waals surface area contributed by atoms with E-state index in [0.717, 1.165) is 10.5 Å². The van der Waals surface area contributed by atoms with Gasteiger partial charge in [-0.25, -0.2) is 4.39 Å². The lowest BCUT2D eigenvalue weighted by Crippen LogP contribution is -2.15. The maximum Gasteiger partial charge on any atom is 0.229 e. The fourth-order valence-corrected chi connectivity index (χ4v) is 3.08. The molecule has 0 bridgehead atoms. The minimum Gasteiger partial charge on any atom is -0.405 e. The first kappa shape index (κ1) is 17.5. The Bertz CT molecular complexity index is 808. The number of thiophene rings is 1. The van der Waals surface area contributed by atoms with E-state index in [1.165, 1.54) is 23.6 Å². The van der Waals surface area contributed by atoms with Crippen molar-refractivity contribution in [2.24, 2.45) is 5.73 Å². The molecule has 0 radical (unpaired) electrons. The van der Waals surface area contributed by atoms with Crippen LogP contribution in [0.25, 0.3) is 5.57 Å². The van der Waals surface area contributed by atoms with Gasteiger partial charge in [0.15, 0.2) is 0 Å². The summed E-state index contributed by atoms with van der Waals surface area (Å²) in [5, 5.41) is 3.25. The van der Waals surface area contributed by atoms with Gasteiger partial charge in [-0.15, -0.1) is 11.3 Å². The van der Waals surface area contributed by atoms with E-state index in [2.05, 4.69) is 11.9 Å². The number of halogens is 1. The Kier molecular flexibility index (Phi) is 5.92. The molecular weight excluding hydrogens is 325 g/mol. The molecule has 1 aromatic carbocycles. The van der Waals surface area contributed by atoms with Gasteiger partial charge in [-0.2, -0.15) is 0 Å². The molecule has 124 valence electrons. The topological polar surface area (TPSA) is 81.1 Å². The number of hydrogen-bond acceptors (Lipinski definition) is 4. The first-order chi connectivity index (χ1) is 11.5. The second-order valence-corrected chi connectivity index (χ2v) is 5.98. The Balaban J connectivity index is 2.16. The Labute approximate surface area is 144 Å². The van der Waals surface area contributed by atoms with E-state index in [1.807, 2.05) is 0 Å². The van der Waals surface area contributed by atoms with E-state index < -0.39 is 5.82 Å². The number of benzene rings is 1. The van der Waals surface area contributed by atoms with Gasteiger partial charge in [-0.3, -0.25) is 4.79 Å². The van der Waals surface area contributed by atoms with Crippen LogP contribution in [0.1, 0.15) is 10.4 Å². The maximum atomic E-state index is 13.6. The van der Waals surface area contributed by atoms with Crippen LogP contribution < -0.4 is 16.8 Å². The van der Waals surface area contributed by atoms with Gasteiger partial charge < -0.3 is 16.8 Å². The molecule has 4 nitrogen and oxygen atoms in total. The van der Waals surface area contributed by atoms with Gasteiger partial charge in [0, 0.05) is 4.88 Å². The molecular formula is C18H18FN3OS. The number of nitrogen functional groups attached to an aromatic ring is 1. The fraction of sp³-hybridized carbons (Fsp3) is 0.0556. The Morgan fingerprint density at radius 3 is 2.79 bits per heavy atom. The fourth-order valence-electron chi connectivity index (χ4n) is 2.08. The first-order valence-electron chi connectivity index (χ1n) is 7.19. The van der Waals surface area contributed by atoms with Gasteiger partial charge in [0.25, 0.3) is 0 Å². The molecule has 0 atom stereocenters. The number of anilines is 2. The van der Waals surface area contributed by atoms with Crippen LogP contribution >= 0.6 is 11.3 Å². The third-order valence-corrected chi connectivity index (χ3v) is 4.30. The number of rotatable bonds is 6. The van der Waals surface area contributed by atoms with Crippen molar-refractivity contribution in [2.75, 3.05) is 11.1 Å². The lowest BCUT2D eigenvalue weighted by atomic mass is 10.1. The third-order valence-electron chi connectivity index (χ3n) is 3.18. The van der Waals surface area contributed by atoms with Crippen LogP contribution in [0.15, 0.2) is 61.3 Å². The van der Waals surface area contributed by atoms with E-state index in [1.54, 1.807) is 42.5 Å². The van der Waals surface area contributed by atoms with E-state index in [-0.39, 0.29) is 12.3 Å². The van der Waals surface area contributed by atoms with E-state index in [4.69, 9.17) is 11.5 Å². The summed E-state index contributed by atoms with van der Waals surface area (Å²) in [5.74, 6) is -0.736. The normalized spacial score (nSPS) is 11.6. The van der Waals surface area contributed by atoms with Crippen molar-refractivity contribution in [1.82, 2.24) is 0 Å². The molecule has 0 spiro atoms. The molecule has 0 saturated heterocycles. The van der Waals surface area contributed by atoms with Crippen LogP contribution in [-0.4, -0.2) is 5.91 Å². The molecule has 5 N–H and O–H groups in total. The maximum absolute atomic E-state index is 13.6. The molecule has 0 saturated carbocycles. The molecule has 2 rings (SSSR count). The average molecular weight is 343 g/mol. The van der Waals surface area contributed by atoms with Crippen LogP contribution in [-0.2, 0) is 11.2 Å². The molecule has 6 heteroatoms. The summed E-state index contributed by atoms with van der Waals surface area (Å²) in [6, 6.07) is 7.92. The molecule has 24 heavy (non-hydrogen) atoms. The summed E-state index contributed by atoms with van der Waals surface area (Å²) in [4.78, 5) is 13.0. The highest BCUT2D eigenvalue weighted by Crippen LogP contribution is 2.35. The summed E-state index contributed by atoms with van der Waals surface area (Å²) in [6.45, 7) is 3.66. The predicted molar refractivity (Wildman–Crippen MR) is 99.0 cm³/mol. The average Bonchev–Trinajstić information content (AvgIpc) is 2.90. The molecule has 1 heterocycles. The number of nitrogens with one attached hydrogen (secondary N) is 1. The van der Waals surface area contributed by atoms with E-state index in [0.29, 0.717) is 16.3 Å². The zero-order valence-electron chi connectivity index (χ0n) is 13.0. The quantitative estimate of drug-likeness (QED) is 0.700. The number of nitrogens with two attached hydrogens (primary N) is 2. The zero-order chi connectivity index (χ0) is 17.5. The monoisotopic (exact) mass is 343 g/mol. The molecule has 0 unspecified atom stereocenters. The van der Waals surface area contributed by atoms with Crippen LogP contribution in [0.5, 0.6) is 0 Å². The second-order valence-electron chi connectivity index (χ2n) is 4.93. The van der Waals surface area contributed by atoms with Gasteiger partial charge in [0.2, 0.25) is 5.91 Å². The smallest absolute Gasteiger partial charge is 0.229 e. The minimum absolute atomic E-state index is 0.0581. The SMILES string of the molecule is C=C/C=C(\C=C/N)c1cc(N)c(NC(=O)Cc2ccccc2F)s1. The Morgan fingerprint density at radius 2 is 2.12 bits per heavy atom. The third kappa shape index (κ3) is 4.33.